The third-order valence-corrected chi connectivity index (χ3v) is 7.74. The second kappa shape index (κ2) is 9.14. The van der Waals surface area contributed by atoms with E-state index in [-0.39, 0.29) is 30.3 Å². The molecule has 0 spiro atoms. The Morgan fingerprint density at radius 1 is 1.19 bits per heavy atom. The highest BCUT2D eigenvalue weighted by Crippen LogP contribution is 2.51. The zero-order chi connectivity index (χ0) is 27.6. The van der Waals surface area contributed by atoms with Gasteiger partial charge in [-0.05, 0) is 71.3 Å². The number of carbonyl (C=O) groups is 5. The maximum absolute atomic E-state index is 13.8. The summed E-state index contributed by atoms with van der Waals surface area (Å²) in [6.07, 6.45) is -0.0435. The topological polar surface area (TPSA) is 177 Å². The molecule has 2 fully saturated rings. The number of benzene rings is 1. The van der Waals surface area contributed by atoms with Crippen LogP contribution in [0.1, 0.15) is 48.7 Å². The lowest BCUT2D eigenvalue weighted by Crippen LogP contribution is -2.74. The number of amides is 1. The van der Waals surface area contributed by atoms with Crippen molar-refractivity contribution in [2.24, 2.45) is 34.6 Å². The SMILES string of the molecule is CC(=NOC(C)C)c1ccc(O)c2c1CC1CC3C(N(C)C)C(=O)C(C(N)=O)C(=O)C3(O)C(=O)C1C2=O. The summed E-state index contributed by atoms with van der Waals surface area (Å²) in [5, 5.41) is 26.3. The number of rotatable bonds is 5. The highest BCUT2D eigenvalue weighted by Gasteiger charge is 2.69. The maximum atomic E-state index is 13.8. The molecule has 1 aromatic carbocycles. The average molecular weight is 514 g/mol. The summed E-state index contributed by atoms with van der Waals surface area (Å²) in [6.45, 7) is 5.31. The Hall–Kier alpha value is -3.44. The number of ketones is 4. The van der Waals surface area contributed by atoms with Crippen LogP contribution in [0.15, 0.2) is 17.3 Å². The maximum Gasteiger partial charge on any atom is 0.235 e. The fourth-order valence-corrected chi connectivity index (χ4v) is 6.18. The second-order valence-corrected chi connectivity index (χ2v) is 10.6. The Labute approximate surface area is 213 Å². The minimum atomic E-state index is -2.74. The van der Waals surface area contributed by atoms with Crippen LogP contribution in [0, 0.1) is 23.7 Å². The van der Waals surface area contributed by atoms with E-state index in [1.54, 1.807) is 27.1 Å². The molecule has 3 aliphatic carbocycles. The molecular formula is C26H31N3O8. The van der Waals surface area contributed by atoms with Gasteiger partial charge in [-0.3, -0.25) is 28.9 Å². The lowest BCUT2D eigenvalue weighted by molar-refractivity contribution is -0.181. The van der Waals surface area contributed by atoms with Crippen molar-refractivity contribution in [3.8, 4) is 5.75 Å². The van der Waals surface area contributed by atoms with E-state index >= 15 is 0 Å². The molecule has 6 unspecified atom stereocenters. The minimum absolute atomic E-state index is 0.0162. The number of aromatic hydroxyl groups is 1. The van der Waals surface area contributed by atoms with Gasteiger partial charge in [0, 0.05) is 11.5 Å². The van der Waals surface area contributed by atoms with Gasteiger partial charge in [0.1, 0.15) is 11.9 Å². The number of oxime groups is 1. The van der Waals surface area contributed by atoms with Crippen molar-refractivity contribution in [2.75, 3.05) is 14.1 Å². The van der Waals surface area contributed by atoms with Crippen LogP contribution in [0.4, 0.5) is 0 Å². The lowest BCUT2D eigenvalue weighted by Gasteiger charge is -2.52. The molecule has 3 aliphatic rings. The molecular weight excluding hydrogens is 482 g/mol. The zero-order valence-corrected chi connectivity index (χ0v) is 21.3. The van der Waals surface area contributed by atoms with Gasteiger partial charge < -0.3 is 20.8 Å². The number of phenols is 1. The van der Waals surface area contributed by atoms with Crippen LogP contribution in [0.25, 0.3) is 0 Å². The van der Waals surface area contributed by atoms with Gasteiger partial charge in [-0.2, -0.15) is 0 Å². The molecule has 0 saturated heterocycles. The molecule has 0 radical (unpaired) electrons. The number of nitrogens with two attached hydrogens (primary N) is 1. The molecule has 0 heterocycles. The summed E-state index contributed by atoms with van der Waals surface area (Å²) in [7, 11) is 3.08. The largest absolute Gasteiger partial charge is 0.507 e. The molecule has 6 atom stereocenters. The molecule has 2 saturated carbocycles. The third kappa shape index (κ3) is 3.88. The van der Waals surface area contributed by atoms with Crippen molar-refractivity contribution < 1.29 is 39.0 Å². The number of fused-ring (bicyclic) bond motifs is 3. The van der Waals surface area contributed by atoms with Crippen LogP contribution >= 0.6 is 0 Å². The Morgan fingerprint density at radius 3 is 2.41 bits per heavy atom. The summed E-state index contributed by atoms with van der Waals surface area (Å²) in [5.74, 6) is -10.8. The van der Waals surface area contributed by atoms with Crippen molar-refractivity contribution in [1.29, 1.82) is 0 Å². The van der Waals surface area contributed by atoms with Crippen LogP contribution in [0.2, 0.25) is 0 Å². The molecule has 0 aliphatic heterocycles. The fraction of sp³-hybridized carbons (Fsp3) is 0.538. The van der Waals surface area contributed by atoms with Crippen LogP contribution in [-0.4, -0.2) is 81.7 Å². The van der Waals surface area contributed by atoms with E-state index in [1.807, 2.05) is 13.8 Å². The summed E-state index contributed by atoms with van der Waals surface area (Å²) in [6, 6.07) is 1.79. The van der Waals surface area contributed by atoms with E-state index in [9.17, 15) is 34.2 Å². The number of Topliss-reactive ketones (excluding diaryl/α,β-unsaturated/α-hetero) is 4. The summed E-state index contributed by atoms with van der Waals surface area (Å²) in [5.41, 5.74) is 4.00. The van der Waals surface area contributed by atoms with Gasteiger partial charge in [0.05, 0.1) is 23.2 Å². The van der Waals surface area contributed by atoms with Crippen molar-refractivity contribution in [2.45, 2.75) is 51.4 Å². The quantitative estimate of drug-likeness (QED) is 0.278. The van der Waals surface area contributed by atoms with Crippen LogP contribution in [0.5, 0.6) is 5.75 Å². The third-order valence-electron chi connectivity index (χ3n) is 7.74. The summed E-state index contributed by atoms with van der Waals surface area (Å²) >= 11 is 0. The molecule has 11 nitrogen and oxygen atoms in total. The number of phenolic OH excluding ortho intramolecular Hbond substituents is 1. The number of hydrogen-bond acceptors (Lipinski definition) is 10. The summed E-state index contributed by atoms with van der Waals surface area (Å²) < 4.78 is 0. The normalized spacial score (nSPS) is 31.8. The highest BCUT2D eigenvalue weighted by atomic mass is 16.6. The van der Waals surface area contributed by atoms with E-state index in [0.29, 0.717) is 16.8 Å². The van der Waals surface area contributed by atoms with Crippen LogP contribution < -0.4 is 5.73 Å². The number of nitrogens with zero attached hydrogens (tertiary/aromatic N) is 2. The monoisotopic (exact) mass is 513 g/mol. The van der Waals surface area contributed by atoms with Crippen molar-refractivity contribution in [3.63, 3.8) is 0 Å². The van der Waals surface area contributed by atoms with Crippen molar-refractivity contribution >= 4 is 34.8 Å². The average Bonchev–Trinajstić information content (AvgIpc) is 2.79. The first kappa shape index (κ1) is 26.6. The number of carbonyl (C=O) groups excluding carboxylic acids is 5. The molecule has 4 N–H and O–H groups in total. The Bertz CT molecular complexity index is 1250. The van der Waals surface area contributed by atoms with E-state index in [4.69, 9.17) is 10.6 Å². The second-order valence-electron chi connectivity index (χ2n) is 10.6. The van der Waals surface area contributed by atoms with E-state index in [1.165, 1.54) is 11.0 Å². The number of likely N-dealkylation sites (N-methyl/N-ethyl adjacent to an activating group) is 1. The van der Waals surface area contributed by atoms with Crippen molar-refractivity contribution in [3.05, 3.63) is 28.8 Å². The molecule has 0 aromatic heterocycles. The Balaban J connectivity index is 1.85. The zero-order valence-electron chi connectivity index (χ0n) is 21.3. The molecule has 1 amide bonds. The summed E-state index contributed by atoms with van der Waals surface area (Å²) in [4.78, 5) is 72.7. The van der Waals surface area contributed by atoms with E-state index in [0.717, 1.165) is 0 Å². The Morgan fingerprint density at radius 2 is 1.84 bits per heavy atom. The lowest BCUT2D eigenvalue weighted by atomic mass is 9.52. The highest BCUT2D eigenvalue weighted by molar-refractivity contribution is 6.32. The fourth-order valence-electron chi connectivity index (χ4n) is 6.18. The van der Waals surface area contributed by atoms with Gasteiger partial charge in [0.2, 0.25) is 5.91 Å². The molecule has 11 heteroatoms. The first-order valence-corrected chi connectivity index (χ1v) is 12.1. The minimum Gasteiger partial charge on any atom is -0.507 e. The molecule has 0 bridgehead atoms. The van der Waals surface area contributed by atoms with Gasteiger partial charge in [0.25, 0.3) is 0 Å². The van der Waals surface area contributed by atoms with Gasteiger partial charge in [-0.1, -0.05) is 5.16 Å². The standard InChI is InChI=1S/C26H31N3O8/c1-10(2)37-28-11(3)13-6-7-16(30)18-14(13)8-12-9-15-20(29(4)5)22(32)19(25(27)35)24(34)26(15,36)23(33)17(12)21(18)31/h6-7,10,12,15,17,19-20,30,36H,8-9H2,1-5H3,(H2,27,35). The Kier molecular flexibility index (Phi) is 6.58. The van der Waals surface area contributed by atoms with Gasteiger partial charge in [-0.15, -0.1) is 0 Å². The van der Waals surface area contributed by atoms with Crippen molar-refractivity contribution in [1.82, 2.24) is 4.90 Å². The predicted molar refractivity (Wildman–Crippen MR) is 130 cm³/mol. The van der Waals surface area contributed by atoms with Crippen LogP contribution in [-0.2, 0) is 30.4 Å². The first-order chi connectivity index (χ1) is 17.2. The number of primary amides is 1. The number of hydrogen-bond donors (Lipinski definition) is 3. The van der Waals surface area contributed by atoms with Crippen LogP contribution in [0.3, 0.4) is 0 Å². The van der Waals surface area contributed by atoms with E-state index in [2.05, 4.69) is 5.16 Å². The van der Waals surface area contributed by atoms with Gasteiger partial charge in [0.15, 0.2) is 34.7 Å². The molecule has 1 aromatic rings. The molecule has 4 rings (SSSR count). The predicted octanol–water partition coefficient (Wildman–Crippen LogP) is 0.0160. The van der Waals surface area contributed by atoms with Gasteiger partial charge in [-0.25, -0.2) is 0 Å². The molecule has 198 valence electrons. The smallest absolute Gasteiger partial charge is 0.235 e. The molecule has 37 heavy (non-hydrogen) atoms. The van der Waals surface area contributed by atoms with Gasteiger partial charge >= 0.3 is 0 Å². The first-order valence-electron chi connectivity index (χ1n) is 12.1. The number of aliphatic hydroxyl groups is 1. The van der Waals surface area contributed by atoms with E-state index < -0.39 is 64.4 Å².